The second-order valence-electron chi connectivity index (χ2n) is 6.67. The van der Waals surface area contributed by atoms with Crippen LogP contribution in [0.1, 0.15) is 41.5 Å². The average Bonchev–Trinajstić information content (AvgIpc) is 2.12. The highest BCUT2D eigenvalue weighted by molar-refractivity contribution is 7.83. The minimum atomic E-state index is 0.123. The molecule has 0 aliphatic heterocycles. The van der Waals surface area contributed by atoms with Crippen molar-refractivity contribution in [2.75, 3.05) is 0 Å². The van der Waals surface area contributed by atoms with Gasteiger partial charge in [-0.15, -0.1) is 0 Å². The van der Waals surface area contributed by atoms with E-state index in [-0.39, 0.29) is 16.2 Å². The number of hydrogen-bond acceptors (Lipinski definition) is 3. The van der Waals surface area contributed by atoms with Gasteiger partial charge in [0, 0.05) is 15.7 Å². The molecule has 0 saturated heterocycles. The van der Waals surface area contributed by atoms with Gasteiger partial charge in [-0.25, -0.2) is 0 Å². The summed E-state index contributed by atoms with van der Waals surface area (Å²) in [6, 6.07) is 0. The second-order valence-corrected chi connectivity index (χ2v) is 8.22. The molecule has 0 N–H and O–H groups in total. The Morgan fingerprint density at radius 2 is 0.667 bits per heavy atom. The van der Waals surface area contributed by atoms with Crippen molar-refractivity contribution in [1.82, 2.24) is 0 Å². The standard InChI is InChI=1S/C12H24S3/c1-10(2)7(13)11(3,4)9(15)12(5,6)8(10)14/h7-9,13-15H,1-6H3. The second kappa shape index (κ2) is 3.78. The van der Waals surface area contributed by atoms with Gasteiger partial charge in [0.15, 0.2) is 0 Å². The third-order valence-electron chi connectivity index (χ3n) is 4.23. The summed E-state index contributed by atoms with van der Waals surface area (Å²) in [7, 11) is 0. The van der Waals surface area contributed by atoms with Gasteiger partial charge in [-0.1, -0.05) is 41.5 Å². The Hall–Kier alpha value is 1.05. The lowest BCUT2D eigenvalue weighted by Crippen LogP contribution is -2.62. The van der Waals surface area contributed by atoms with Gasteiger partial charge < -0.3 is 0 Å². The summed E-state index contributed by atoms with van der Waals surface area (Å²) in [6.45, 7) is 13.6. The minimum Gasteiger partial charge on any atom is -0.175 e. The molecule has 0 aromatic rings. The molecule has 90 valence electrons. The molecular weight excluding hydrogens is 240 g/mol. The molecule has 15 heavy (non-hydrogen) atoms. The predicted molar refractivity (Wildman–Crippen MR) is 79.7 cm³/mol. The first-order chi connectivity index (χ1) is 6.46. The Kier molecular flexibility index (Phi) is 3.55. The fourth-order valence-electron chi connectivity index (χ4n) is 3.32. The van der Waals surface area contributed by atoms with E-state index in [1.807, 2.05) is 0 Å². The van der Waals surface area contributed by atoms with Crippen molar-refractivity contribution >= 4 is 37.9 Å². The molecule has 1 fully saturated rings. The van der Waals surface area contributed by atoms with Crippen molar-refractivity contribution in [3.63, 3.8) is 0 Å². The van der Waals surface area contributed by atoms with E-state index in [0.717, 1.165) is 0 Å². The zero-order valence-corrected chi connectivity index (χ0v) is 13.3. The van der Waals surface area contributed by atoms with Crippen LogP contribution < -0.4 is 0 Å². The van der Waals surface area contributed by atoms with E-state index in [9.17, 15) is 0 Å². The van der Waals surface area contributed by atoms with Crippen LogP contribution in [0.5, 0.6) is 0 Å². The largest absolute Gasteiger partial charge is 0.175 e. The van der Waals surface area contributed by atoms with Gasteiger partial charge >= 0.3 is 0 Å². The van der Waals surface area contributed by atoms with E-state index in [1.165, 1.54) is 0 Å². The van der Waals surface area contributed by atoms with Crippen LogP contribution in [0.3, 0.4) is 0 Å². The van der Waals surface area contributed by atoms with Crippen LogP contribution in [0.15, 0.2) is 0 Å². The lowest BCUT2D eigenvalue weighted by Gasteiger charge is -2.60. The molecule has 1 rings (SSSR count). The number of thiol groups is 3. The Balaban J connectivity index is 3.24. The monoisotopic (exact) mass is 264 g/mol. The molecule has 3 heteroatoms. The van der Waals surface area contributed by atoms with E-state index in [4.69, 9.17) is 37.9 Å². The first kappa shape index (κ1) is 14.1. The average molecular weight is 265 g/mol. The maximum Gasteiger partial charge on any atom is 0.0140 e. The SMILES string of the molecule is CC1(C)C(S)C(C)(C)C(S)C(C)(C)C1S. The zero-order valence-electron chi connectivity index (χ0n) is 10.6. The van der Waals surface area contributed by atoms with Crippen molar-refractivity contribution in [3.8, 4) is 0 Å². The van der Waals surface area contributed by atoms with Crippen molar-refractivity contribution in [1.29, 1.82) is 0 Å². The number of hydrogen-bond donors (Lipinski definition) is 3. The van der Waals surface area contributed by atoms with Crippen molar-refractivity contribution in [3.05, 3.63) is 0 Å². The van der Waals surface area contributed by atoms with E-state index in [0.29, 0.717) is 15.7 Å². The van der Waals surface area contributed by atoms with E-state index >= 15 is 0 Å². The van der Waals surface area contributed by atoms with Crippen LogP contribution >= 0.6 is 37.9 Å². The van der Waals surface area contributed by atoms with Gasteiger partial charge in [-0.05, 0) is 16.2 Å². The van der Waals surface area contributed by atoms with Crippen LogP contribution in [0.25, 0.3) is 0 Å². The van der Waals surface area contributed by atoms with Gasteiger partial charge in [0.25, 0.3) is 0 Å². The summed E-state index contributed by atoms with van der Waals surface area (Å²) in [5.74, 6) is 0. The molecule has 0 unspecified atom stereocenters. The summed E-state index contributed by atoms with van der Waals surface area (Å²) >= 11 is 14.5. The quantitative estimate of drug-likeness (QED) is 0.542. The summed E-state index contributed by atoms with van der Waals surface area (Å²) in [4.78, 5) is 0. The minimum absolute atomic E-state index is 0.123. The first-order valence-corrected chi connectivity index (χ1v) is 7.06. The van der Waals surface area contributed by atoms with Crippen molar-refractivity contribution < 1.29 is 0 Å². The molecule has 0 bridgehead atoms. The molecule has 1 aliphatic rings. The molecule has 0 aromatic carbocycles. The highest BCUT2D eigenvalue weighted by Crippen LogP contribution is 2.59. The van der Waals surface area contributed by atoms with E-state index < -0.39 is 0 Å². The topological polar surface area (TPSA) is 0 Å². The highest BCUT2D eigenvalue weighted by Gasteiger charge is 2.58. The Bertz CT molecular complexity index is 195. The maximum absolute atomic E-state index is 4.82. The molecule has 0 spiro atoms. The molecule has 0 atom stereocenters. The number of rotatable bonds is 0. The fourth-order valence-corrected chi connectivity index (χ4v) is 4.57. The fraction of sp³-hybridized carbons (Fsp3) is 1.00. The zero-order chi connectivity index (χ0) is 12.2. The van der Waals surface area contributed by atoms with Crippen LogP contribution in [-0.2, 0) is 0 Å². The molecule has 0 nitrogen and oxygen atoms in total. The van der Waals surface area contributed by atoms with E-state index in [2.05, 4.69) is 41.5 Å². The Morgan fingerprint density at radius 1 is 0.533 bits per heavy atom. The molecule has 0 aromatic heterocycles. The predicted octanol–water partition coefficient (Wildman–Crippen LogP) is 3.97. The smallest absolute Gasteiger partial charge is 0.0140 e. The first-order valence-electron chi connectivity index (χ1n) is 5.51. The van der Waals surface area contributed by atoms with Crippen molar-refractivity contribution in [2.24, 2.45) is 16.2 Å². The van der Waals surface area contributed by atoms with Crippen LogP contribution in [0.4, 0.5) is 0 Å². The molecular formula is C12H24S3. The third-order valence-corrected chi connectivity index (χ3v) is 8.22. The van der Waals surface area contributed by atoms with Crippen LogP contribution in [-0.4, -0.2) is 15.7 Å². The van der Waals surface area contributed by atoms with Gasteiger partial charge in [0.2, 0.25) is 0 Å². The van der Waals surface area contributed by atoms with Gasteiger partial charge in [0.1, 0.15) is 0 Å². The van der Waals surface area contributed by atoms with Crippen LogP contribution in [0.2, 0.25) is 0 Å². The molecule has 1 aliphatic carbocycles. The molecule has 0 radical (unpaired) electrons. The van der Waals surface area contributed by atoms with Gasteiger partial charge in [-0.2, -0.15) is 37.9 Å². The summed E-state index contributed by atoms with van der Waals surface area (Å²) in [6.07, 6.45) is 0. The normalized spacial score (nSPS) is 42.6. The summed E-state index contributed by atoms with van der Waals surface area (Å²) < 4.78 is 0. The lowest BCUT2D eigenvalue weighted by molar-refractivity contribution is 0.0509. The molecule has 0 heterocycles. The van der Waals surface area contributed by atoms with Gasteiger partial charge in [-0.3, -0.25) is 0 Å². The third kappa shape index (κ3) is 1.87. The Labute approximate surface area is 111 Å². The summed E-state index contributed by atoms with van der Waals surface area (Å²) in [5.41, 5.74) is 0.370. The van der Waals surface area contributed by atoms with E-state index in [1.54, 1.807) is 0 Å². The Morgan fingerprint density at radius 3 is 0.800 bits per heavy atom. The molecule has 0 amide bonds. The molecule has 1 saturated carbocycles. The van der Waals surface area contributed by atoms with Gasteiger partial charge in [0.05, 0.1) is 0 Å². The van der Waals surface area contributed by atoms with Crippen LogP contribution in [0, 0.1) is 16.2 Å². The maximum atomic E-state index is 4.82. The summed E-state index contributed by atoms with van der Waals surface area (Å²) in [5, 5.41) is 0.967. The van der Waals surface area contributed by atoms with Crippen molar-refractivity contribution in [2.45, 2.75) is 57.3 Å². The highest BCUT2D eigenvalue weighted by atomic mass is 32.1. The lowest BCUT2D eigenvalue weighted by atomic mass is 9.55.